The quantitative estimate of drug-likeness (QED) is 0.827. The first kappa shape index (κ1) is 19.2. The van der Waals surface area contributed by atoms with Crippen molar-refractivity contribution < 1.29 is 36.3 Å². The predicted octanol–water partition coefficient (Wildman–Crippen LogP) is 1.67. The van der Waals surface area contributed by atoms with Crippen LogP contribution in [0, 0.1) is 5.92 Å². The Morgan fingerprint density at radius 2 is 1.80 bits per heavy atom. The van der Waals surface area contributed by atoms with E-state index in [9.17, 15) is 31.2 Å². The molecule has 0 aliphatic carbocycles. The topological polar surface area (TPSA) is 104 Å². The molecule has 0 bridgehead atoms. The molecule has 7 nitrogen and oxygen atoms in total. The van der Waals surface area contributed by atoms with E-state index in [1.54, 1.807) is 5.32 Å². The Balaban J connectivity index is 2.15. The summed E-state index contributed by atoms with van der Waals surface area (Å²) in [5, 5.41) is 10.6. The van der Waals surface area contributed by atoms with Crippen molar-refractivity contribution in [3.8, 4) is 0 Å². The fraction of sp³-hybridized carbons (Fsp3) is 0.429. The highest BCUT2D eigenvalue weighted by Gasteiger charge is 2.38. The van der Waals surface area contributed by atoms with E-state index >= 15 is 0 Å². The van der Waals surface area contributed by atoms with Crippen molar-refractivity contribution in [2.24, 2.45) is 5.92 Å². The Hall–Kier alpha value is -2.14. The molecule has 1 aromatic rings. The van der Waals surface area contributed by atoms with E-state index < -0.39 is 34.0 Å². The lowest BCUT2D eigenvalue weighted by atomic mass is 10.0. The molecule has 11 heteroatoms. The number of carboxylic acid groups (broad SMARTS) is 1. The molecule has 1 fully saturated rings. The van der Waals surface area contributed by atoms with Gasteiger partial charge in [0.1, 0.15) is 0 Å². The van der Waals surface area contributed by atoms with Crippen molar-refractivity contribution in [1.29, 1.82) is 0 Å². The van der Waals surface area contributed by atoms with Crippen molar-refractivity contribution in [3.63, 3.8) is 0 Å². The minimum absolute atomic E-state index is 0.162. The Kier molecular flexibility index (Phi) is 5.37. The predicted molar refractivity (Wildman–Crippen MR) is 80.2 cm³/mol. The van der Waals surface area contributed by atoms with Gasteiger partial charge in [0.2, 0.25) is 10.0 Å². The van der Waals surface area contributed by atoms with Crippen LogP contribution in [0.1, 0.15) is 12.8 Å². The van der Waals surface area contributed by atoms with E-state index in [1.165, 1.54) is 0 Å². The van der Waals surface area contributed by atoms with Gasteiger partial charge in [-0.2, -0.15) is 17.5 Å². The number of rotatable bonds is 4. The molecule has 138 valence electrons. The van der Waals surface area contributed by atoms with Gasteiger partial charge < -0.3 is 10.4 Å². The van der Waals surface area contributed by atoms with Gasteiger partial charge in [-0.25, -0.2) is 8.42 Å². The normalized spacial score (nSPS) is 19.4. The number of sulfonamides is 1. The number of piperidine rings is 1. The van der Waals surface area contributed by atoms with E-state index in [-0.39, 0.29) is 23.7 Å². The summed E-state index contributed by atoms with van der Waals surface area (Å²) in [5.41, 5.74) is -0.205. The third kappa shape index (κ3) is 4.48. The lowest BCUT2D eigenvalue weighted by Gasteiger charge is -2.29. The monoisotopic (exact) mass is 380 g/mol. The molecule has 1 saturated heterocycles. The molecule has 1 amide bonds. The number of alkyl halides is 3. The van der Waals surface area contributed by atoms with E-state index in [1.807, 2.05) is 0 Å². The van der Waals surface area contributed by atoms with Crippen molar-refractivity contribution >= 4 is 27.6 Å². The molecular formula is C14H15F3N2O5S. The number of carbonyl (C=O) groups is 2. The molecule has 0 aromatic heterocycles. The lowest BCUT2D eigenvalue weighted by Crippen LogP contribution is -2.42. The number of carbonyl (C=O) groups excluding carboxylic acids is 1. The number of hydrogen-bond donors (Lipinski definition) is 2. The fourth-order valence-corrected chi connectivity index (χ4v) is 3.95. The van der Waals surface area contributed by atoms with Crippen molar-refractivity contribution in [3.05, 3.63) is 24.3 Å². The summed E-state index contributed by atoms with van der Waals surface area (Å²) < 4.78 is 62.6. The molecule has 0 saturated carbocycles. The zero-order valence-corrected chi connectivity index (χ0v) is 13.6. The number of hydrogen-bond acceptors (Lipinski definition) is 4. The third-order valence-corrected chi connectivity index (χ3v) is 5.62. The first-order valence-electron chi connectivity index (χ1n) is 7.23. The zero-order chi connectivity index (χ0) is 18.8. The van der Waals surface area contributed by atoms with Gasteiger partial charge in [-0.1, -0.05) is 0 Å². The molecule has 0 radical (unpaired) electrons. The third-order valence-electron chi connectivity index (χ3n) is 3.74. The summed E-state index contributed by atoms with van der Waals surface area (Å²) >= 11 is 0. The number of anilines is 1. The average molecular weight is 380 g/mol. The summed E-state index contributed by atoms with van der Waals surface area (Å²) in [6.07, 6.45) is -4.27. The molecule has 25 heavy (non-hydrogen) atoms. The van der Waals surface area contributed by atoms with Crippen LogP contribution in [0.2, 0.25) is 0 Å². The molecule has 2 rings (SSSR count). The van der Waals surface area contributed by atoms with Crippen molar-refractivity contribution in [2.45, 2.75) is 23.9 Å². The maximum absolute atomic E-state index is 12.5. The Bertz CT molecular complexity index is 762. The number of aliphatic carboxylic acids is 1. The average Bonchev–Trinajstić information content (AvgIpc) is 2.54. The lowest BCUT2D eigenvalue weighted by molar-refractivity contribution is -0.167. The van der Waals surface area contributed by atoms with E-state index in [4.69, 9.17) is 5.11 Å². The number of carboxylic acids is 1. The maximum atomic E-state index is 12.5. The van der Waals surface area contributed by atoms with E-state index in [0.717, 1.165) is 28.6 Å². The smallest absolute Gasteiger partial charge is 0.471 e. The van der Waals surface area contributed by atoms with Crippen LogP contribution >= 0.6 is 0 Å². The molecule has 0 spiro atoms. The van der Waals surface area contributed by atoms with E-state index in [2.05, 4.69) is 0 Å². The summed E-state index contributed by atoms with van der Waals surface area (Å²) in [6.45, 7) is 0.00288. The molecule has 1 aromatic carbocycles. The van der Waals surface area contributed by atoms with Gasteiger partial charge in [-0.05, 0) is 37.1 Å². The summed E-state index contributed by atoms with van der Waals surface area (Å²) in [6, 6.07) is 4.20. The summed E-state index contributed by atoms with van der Waals surface area (Å²) in [5.74, 6) is -4.04. The van der Waals surface area contributed by atoms with Crippen LogP contribution in [-0.4, -0.2) is 49.0 Å². The highest BCUT2D eigenvalue weighted by molar-refractivity contribution is 7.89. The zero-order valence-electron chi connectivity index (χ0n) is 12.8. The Morgan fingerprint density at radius 1 is 1.20 bits per heavy atom. The number of halogens is 3. The van der Waals surface area contributed by atoms with Gasteiger partial charge in [0.25, 0.3) is 0 Å². The summed E-state index contributed by atoms with van der Waals surface area (Å²) in [7, 11) is -3.97. The second-order valence-electron chi connectivity index (χ2n) is 5.52. The van der Waals surface area contributed by atoms with Crippen LogP contribution in [0.4, 0.5) is 18.9 Å². The Morgan fingerprint density at radius 3 is 2.32 bits per heavy atom. The molecule has 2 N–H and O–H groups in total. The highest BCUT2D eigenvalue weighted by atomic mass is 32.2. The second kappa shape index (κ2) is 7.00. The highest BCUT2D eigenvalue weighted by Crippen LogP contribution is 2.25. The van der Waals surface area contributed by atoms with Crippen LogP contribution in [0.5, 0.6) is 0 Å². The standard InChI is InChI=1S/C14H15F3N2O5S/c15-14(16,17)13(22)18-10-3-5-11(6-4-10)25(23,24)19-7-1-2-9(8-19)12(20)21/h3-6,9H,1-2,7-8H2,(H,18,22)(H,20,21). The van der Waals surface area contributed by atoms with Gasteiger partial charge in [-0.15, -0.1) is 0 Å². The first-order valence-corrected chi connectivity index (χ1v) is 8.67. The fourth-order valence-electron chi connectivity index (χ4n) is 2.42. The minimum atomic E-state index is -5.05. The largest absolute Gasteiger partial charge is 0.481 e. The SMILES string of the molecule is O=C(O)C1CCCN(S(=O)(=O)c2ccc(NC(=O)C(F)(F)F)cc2)C1. The summed E-state index contributed by atoms with van der Waals surface area (Å²) in [4.78, 5) is 21.7. The van der Waals surface area contributed by atoms with Gasteiger partial charge in [0, 0.05) is 18.8 Å². The molecule has 1 aliphatic rings. The number of benzene rings is 1. The number of nitrogens with zero attached hydrogens (tertiary/aromatic N) is 1. The van der Waals surface area contributed by atoms with Gasteiger partial charge in [0.15, 0.2) is 0 Å². The van der Waals surface area contributed by atoms with Crippen molar-refractivity contribution in [1.82, 2.24) is 4.31 Å². The number of nitrogens with one attached hydrogen (secondary N) is 1. The molecule has 1 unspecified atom stereocenters. The van der Waals surface area contributed by atoms with Gasteiger partial charge in [-0.3, -0.25) is 9.59 Å². The van der Waals surface area contributed by atoms with Crippen molar-refractivity contribution in [2.75, 3.05) is 18.4 Å². The minimum Gasteiger partial charge on any atom is -0.481 e. The first-order chi connectivity index (χ1) is 11.5. The Labute approximate surface area is 141 Å². The second-order valence-corrected chi connectivity index (χ2v) is 7.45. The van der Waals surface area contributed by atoms with E-state index in [0.29, 0.717) is 12.8 Å². The maximum Gasteiger partial charge on any atom is 0.471 e. The molecule has 1 heterocycles. The van der Waals surface area contributed by atoms with Crippen LogP contribution in [0.15, 0.2) is 29.2 Å². The van der Waals surface area contributed by atoms with Crippen LogP contribution in [0.25, 0.3) is 0 Å². The van der Waals surface area contributed by atoms with Gasteiger partial charge in [0.05, 0.1) is 10.8 Å². The van der Waals surface area contributed by atoms with Crippen LogP contribution < -0.4 is 5.32 Å². The number of amides is 1. The van der Waals surface area contributed by atoms with Crippen LogP contribution in [0.3, 0.4) is 0 Å². The molecule has 1 atom stereocenters. The van der Waals surface area contributed by atoms with Gasteiger partial charge >= 0.3 is 18.1 Å². The van der Waals surface area contributed by atoms with Crippen LogP contribution in [-0.2, 0) is 19.6 Å². The molecular weight excluding hydrogens is 365 g/mol. The molecule has 1 aliphatic heterocycles.